The van der Waals surface area contributed by atoms with E-state index in [1.807, 2.05) is 19.9 Å². The molecule has 3 aliphatic carbocycles. The summed E-state index contributed by atoms with van der Waals surface area (Å²) in [5.74, 6) is -1.59. The van der Waals surface area contributed by atoms with Gasteiger partial charge < -0.3 is 15.2 Å². The molecule has 0 aliphatic heterocycles. The van der Waals surface area contributed by atoms with Crippen molar-refractivity contribution in [3.8, 4) is 11.5 Å². The molecule has 5 atom stereocenters. The average molecular weight is 666 g/mol. The molecule has 1 aromatic rings. The van der Waals surface area contributed by atoms with Crippen LogP contribution in [0.5, 0.6) is 11.5 Å². The Balaban J connectivity index is 1.82. The van der Waals surface area contributed by atoms with Crippen LogP contribution in [0.2, 0.25) is 0 Å². The normalized spacial score (nSPS) is 30.7. The van der Waals surface area contributed by atoms with Crippen LogP contribution in [-0.4, -0.2) is 29.1 Å². The molecule has 46 heavy (non-hydrogen) atoms. The smallest absolute Gasteiger partial charge is 0.396 e. The van der Waals surface area contributed by atoms with E-state index in [0.29, 0.717) is 30.2 Å². The van der Waals surface area contributed by atoms with Crippen LogP contribution in [0.25, 0.3) is 0 Å². The molecule has 0 bridgehead atoms. The van der Waals surface area contributed by atoms with Gasteiger partial charge in [0.05, 0.1) is 5.25 Å². The largest absolute Gasteiger partial charge is 0.423 e. The Kier molecular flexibility index (Phi) is 9.40. The fourth-order valence-electron chi connectivity index (χ4n) is 8.21. The number of alkyl halides is 3. The second kappa shape index (κ2) is 12.0. The number of primary amides is 1. The molecule has 2 fully saturated rings. The van der Waals surface area contributed by atoms with E-state index in [4.69, 9.17) is 15.2 Å². The van der Waals surface area contributed by atoms with Crippen LogP contribution < -0.4 is 15.2 Å². The van der Waals surface area contributed by atoms with Crippen LogP contribution in [0, 0.1) is 21.7 Å². The van der Waals surface area contributed by atoms with Gasteiger partial charge in [-0.25, -0.2) is 0 Å². The highest BCUT2D eigenvalue weighted by Crippen LogP contribution is 2.71. The number of allylic oxidation sites excluding steroid dienone is 1. The van der Waals surface area contributed by atoms with Gasteiger partial charge in [0, 0.05) is 24.7 Å². The van der Waals surface area contributed by atoms with Crippen LogP contribution in [0.3, 0.4) is 0 Å². The predicted octanol–water partition coefficient (Wildman–Crippen LogP) is 8.28. The van der Waals surface area contributed by atoms with Gasteiger partial charge in [0.25, 0.3) is 0 Å². The van der Waals surface area contributed by atoms with Gasteiger partial charge in [-0.05, 0) is 84.5 Å². The second-order valence-electron chi connectivity index (χ2n) is 15.3. The molecule has 0 heterocycles. The summed E-state index contributed by atoms with van der Waals surface area (Å²) in [6.45, 7) is 15.1. The third-order valence-electron chi connectivity index (χ3n) is 11.2. The van der Waals surface area contributed by atoms with E-state index in [9.17, 15) is 32.3 Å². The molecule has 254 valence electrons. The van der Waals surface area contributed by atoms with Crippen molar-refractivity contribution in [2.24, 2.45) is 27.4 Å². The summed E-state index contributed by atoms with van der Waals surface area (Å²) < 4.78 is 50.7. The van der Waals surface area contributed by atoms with Gasteiger partial charge in [-0.15, -0.1) is 0 Å². The maximum atomic E-state index is 13.3. The number of nitrogens with two attached hydrogens (primary N) is 1. The minimum Gasteiger partial charge on any atom is -0.423 e. The molecule has 1 aromatic carbocycles. The molecule has 0 radical (unpaired) electrons. The highest BCUT2D eigenvalue weighted by molar-refractivity contribution is 8.13. The Hall–Kier alpha value is -2.82. The van der Waals surface area contributed by atoms with Crippen molar-refractivity contribution in [3.05, 3.63) is 34.9 Å². The zero-order valence-corrected chi connectivity index (χ0v) is 28.9. The Morgan fingerprint density at radius 2 is 1.52 bits per heavy atom. The number of esters is 2. The molecular weight excluding hydrogens is 619 g/mol. The van der Waals surface area contributed by atoms with E-state index in [-0.39, 0.29) is 33.7 Å². The summed E-state index contributed by atoms with van der Waals surface area (Å²) >= 11 is 0.615. The van der Waals surface area contributed by atoms with E-state index in [0.717, 1.165) is 43.2 Å². The topological polar surface area (TPSA) is 113 Å². The second-order valence-corrected chi connectivity index (χ2v) is 16.5. The molecule has 0 spiro atoms. The summed E-state index contributed by atoms with van der Waals surface area (Å²) in [4.78, 5) is 48.9. The summed E-state index contributed by atoms with van der Waals surface area (Å²) in [5, 5.41) is -1.79. The molecular formula is C35H46F3NO6S. The Morgan fingerprint density at radius 3 is 2.07 bits per heavy atom. The van der Waals surface area contributed by atoms with E-state index >= 15 is 0 Å². The lowest BCUT2D eigenvalue weighted by atomic mass is 9.40. The molecule has 0 aromatic heterocycles. The predicted molar refractivity (Wildman–Crippen MR) is 170 cm³/mol. The first-order valence-electron chi connectivity index (χ1n) is 15.8. The van der Waals surface area contributed by atoms with Crippen LogP contribution in [0.15, 0.2) is 23.8 Å². The number of halogens is 3. The van der Waals surface area contributed by atoms with Gasteiger partial charge in [0.2, 0.25) is 5.91 Å². The molecule has 2 saturated carbocycles. The highest BCUT2D eigenvalue weighted by Gasteiger charge is 2.61. The number of ether oxygens (including phenoxy) is 2. The lowest BCUT2D eigenvalue weighted by Crippen LogP contribution is -2.56. The maximum Gasteiger partial charge on any atom is 0.396 e. The summed E-state index contributed by atoms with van der Waals surface area (Å²) in [5.41, 5.74) is 6.25. The summed E-state index contributed by atoms with van der Waals surface area (Å²) in [6, 6.07) is 3.19. The minimum atomic E-state index is -4.66. The first-order valence-corrected chi connectivity index (χ1v) is 16.7. The third-order valence-corrected chi connectivity index (χ3v) is 12.3. The number of benzene rings is 1. The summed E-state index contributed by atoms with van der Waals surface area (Å²) in [6.07, 6.45) is 1.39. The van der Waals surface area contributed by atoms with E-state index in [1.54, 1.807) is 6.07 Å². The molecule has 1 amide bonds. The van der Waals surface area contributed by atoms with Crippen molar-refractivity contribution < 1.29 is 41.8 Å². The highest BCUT2D eigenvalue weighted by atomic mass is 32.2. The molecule has 4 rings (SSSR count). The number of rotatable bonds is 8. The van der Waals surface area contributed by atoms with Gasteiger partial charge in [-0.2, -0.15) is 13.2 Å². The van der Waals surface area contributed by atoms with Crippen LogP contribution >= 0.6 is 11.8 Å². The van der Waals surface area contributed by atoms with E-state index in [1.165, 1.54) is 19.9 Å². The van der Waals surface area contributed by atoms with E-state index < -0.39 is 45.7 Å². The number of thioether (sulfide) groups is 1. The zero-order valence-electron chi connectivity index (χ0n) is 28.0. The number of carbonyl (C=O) groups excluding carboxylic acids is 4. The number of carbonyl (C=O) groups is 4. The Bertz CT molecular complexity index is 1490. The number of fused-ring (bicyclic) bond motifs is 5. The van der Waals surface area contributed by atoms with Crippen molar-refractivity contribution in [1.29, 1.82) is 0 Å². The quantitative estimate of drug-likeness (QED) is 0.169. The van der Waals surface area contributed by atoms with Crippen molar-refractivity contribution in [3.63, 3.8) is 0 Å². The first-order chi connectivity index (χ1) is 20.9. The van der Waals surface area contributed by atoms with Gasteiger partial charge in [0.1, 0.15) is 6.42 Å². The van der Waals surface area contributed by atoms with Crippen molar-refractivity contribution >= 4 is 34.7 Å². The lowest BCUT2D eigenvalue weighted by Gasteiger charge is -2.65. The number of hydrogen-bond donors (Lipinski definition) is 1. The van der Waals surface area contributed by atoms with Gasteiger partial charge in [-0.3, -0.25) is 19.2 Å². The van der Waals surface area contributed by atoms with Gasteiger partial charge >= 0.3 is 18.1 Å². The zero-order chi connectivity index (χ0) is 34.7. The monoisotopic (exact) mass is 665 g/mol. The van der Waals surface area contributed by atoms with Crippen LogP contribution in [0.4, 0.5) is 13.2 Å². The first kappa shape index (κ1) is 36.0. The maximum absolute atomic E-state index is 13.3. The third kappa shape index (κ3) is 6.90. The van der Waals surface area contributed by atoms with Crippen LogP contribution in [-0.2, 0) is 24.6 Å². The Labute approximate surface area is 273 Å². The number of hydrogen-bond acceptors (Lipinski definition) is 7. The van der Waals surface area contributed by atoms with Crippen molar-refractivity contribution in [2.75, 3.05) is 0 Å². The van der Waals surface area contributed by atoms with Gasteiger partial charge in [0.15, 0.2) is 16.6 Å². The fourth-order valence-corrected chi connectivity index (χ4v) is 9.27. The fraction of sp³-hybridized carbons (Fsp3) is 0.657. The molecule has 7 nitrogen and oxygen atoms in total. The molecule has 1 unspecified atom stereocenters. The molecule has 11 heteroatoms. The number of amides is 1. The standard InChI is InChI=1S/C35H46F3NO6S/c1-20(40)44-24-15-22-23(16-25(24)45-21(2)41)33(7)13-12-32(6)19-31(5,10-9-30(3,4)29(39)43)11-14-34(32,8)27(33)17-26(22)46-28(42)18-35(36,37)38/h15-17,26H,9-14,18-19H2,1-8H3,(H2,39,43)/t26?,31-,32+,33+,34-/m1/s1. The van der Waals surface area contributed by atoms with Crippen molar-refractivity contribution in [2.45, 2.75) is 124 Å². The average Bonchev–Trinajstić information content (AvgIpc) is 2.89. The molecule has 3 aliphatic rings. The molecule has 0 saturated heterocycles. The Morgan fingerprint density at radius 1 is 0.935 bits per heavy atom. The van der Waals surface area contributed by atoms with E-state index in [2.05, 4.69) is 27.7 Å². The SMILES string of the molecule is CC(=O)Oc1cc2c(cc1OC(C)=O)[C@]1(C)CC[C@@]3(C)C[C@](C)(CCC(C)(C)C(N)=O)CC[C@]3(C)C1=CC2SC(=O)CC(F)(F)F. The van der Waals surface area contributed by atoms with Crippen molar-refractivity contribution in [1.82, 2.24) is 0 Å². The lowest BCUT2D eigenvalue weighted by molar-refractivity contribution is -0.146. The van der Waals surface area contributed by atoms with Gasteiger partial charge in [-0.1, -0.05) is 65.0 Å². The van der Waals surface area contributed by atoms with Crippen LogP contribution in [0.1, 0.15) is 123 Å². The minimum absolute atomic E-state index is 0.0325. The summed E-state index contributed by atoms with van der Waals surface area (Å²) in [7, 11) is 0. The molecule has 2 N–H and O–H groups in total.